The molecule has 23 heavy (non-hydrogen) atoms. The maximum absolute atomic E-state index is 12.3. The van der Waals surface area contributed by atoms with Crippen LogP contribution in [-0.2, 0) is 0 Å². The lowest BCUT2D eigenvalue weighted by molar-refractivity contribution is 0.100. The summed E-state index contributed by atoms with van der Waals surface area (Å²) in [5, 5.41) is 11.7. The second-order valence-electron chi connectivity index (χ2n) is 4.61. The molecule has 0 atom stereocenters. The van der Waals surface area contributed by atoms with Gasteiger partial charge in [-0.1, -0.05) is 29.2 Å². The topological polar surface area (TPSA) is 73.3 Å². The third kappa shape index (κ3) is 4.02. The highest BCUT2D eigenvalue weighted by Crippen LogP contribution is 2.31. The molecule has 0 saturated carbocycles. The van der Waals surface area contributed by atoms with E-state index in [2.05, 4.69) is 22.1 Å². The summed E-state index contributed by atoms with van der Waals surface area (Å²) in [4.78, 5) is 12.3. The van der Waals surface area contributed by atoms with Gasteiger partial charge in [0.25, 0.3) is 0 Å². The van der Waals surface area contributed by atoms with Gasteiger partial charge in [0.05, 0.1) is 6.54 Å². The Bertz CT molecular complexity index is 718. The minimum atomic E-state index is -0.0440. The van der Waals surface area contributed by atoms with Crippen molar-refractivity contribution in [1.29, 1.82) is 0 Å². The minimum Gasteiger partial charge on any atom is -0.486 e. The predicted molar refractivity (Wildman–Crippen MR) is 91.1 cm³/mol. The van der Waals surface area contributed by atoms with Crippen LogP contribution in [0.4, 0.5) is 5.13 Å². The fourth-order valence-electron chi connectivity index (χ4n) is 1.94. The second-order valence-corrected chi connectivity index (χ2v) is 6.85. The number of aromatic nitrogens is 2. The van der Waals surface area contributed by atoms with Crippen LogP contribution in [0, 0.1) is 0 Å². The Morgan fingerprint density at radius 3 is 3.00 bits per heavy atom. The van der Waals surface area contributed by atoms with E-state index in [1.165, 1.54) is 11.3 Å². The number of rotatable bonds is 7. The van der Waals surface area contributed by atoms with Crippen LogP contribution in [0.2, 0.25) is 0 Å². The Hall–Kier alpha value is -2.06. The Morgan fingerprint density at radius 1 is 1.35 bits per heavy atom. The van der Waals surface area contributed by atoms with E-state index in [-0.39, 0.29) is 12.3 Å². The molecule has 8 heteroatoms. The highest BCUT2D eigenvalue weighted by molar-refractivity contribution is 8.01. The van der Waals surface area contributed by atoms with Crippen LogP contribution in [0.3, 0.4) is 0 Å². The molecule has 0 unspecified atom stereocenters. The first-order valence-electron chi connectivity index (χ1n) is 7.00. The van der Waals surface area contributed by atoms with E-state index in [1.54, 1.807) is 30.0 Å². The largest absolute Gasteiger partial charge is 0.486 e. The normalized spacial score (nSPS) is 12.7. The summed E-state index contributed by atoms with van der Waals surface area (Å²) in [6.07, 6.45) is 1.81. The average Bonchev–Trinajstić information content (AvgIpc) is 3.05. The molecule has 0 aliphatic carbocycles. The lowest BCUT2D eigenvalue weighted by Gasteiger charge is -2.18. The van der Waals surface area contributed by atoms with Crippen molar-refractivity contribution >= 4 is 34.0 Å². The fourth-order valence-corrected chi connectivity index (χ4v) is 3.45. The first-order valence-corrected chi connectivity index (χ1v) is 8.80. The number of ketones is 1. The zero-order chi connectivity index (χ0) is 16.1. The van der Waals surface area contributed by atoms with Gasteiger partial charge in [-0.25, -0.2) is 0 Å². The number of hydrogen-bond donors (Lipinski definition) is 1. The van der Waals surface area contributed by atoms with Crippen LogP contribution in [-0.4, -0.2) is 41.5 Å². The molecule has 0 bridgehead atoms. The van der Waals surface area contributed by atoms with Crippen LogP contribution in [0.15, 0.2) is 35.2 Å². The van der Waals surface area contributed by atoms with Crippen LogP contribution in [0.25, 0.3) is 0 Å². The molecule has 2 aromatic rings. The average molecular weight is 349 g/mol. The van der Waals surface area contributed by atoms with Crippen LogP contribution in [0.1, 0.15) is 10.4 Å². The standard InChI is InChI=1S/C15H15N3O3S2/c1-2-7-22-15-18-17-14(23-15)16-9-11(19)10-3-4-12-13(8-10)21-6-5-20-12/h2-4,8H,1,5-7,9H2,(H,16,17). The molecule has 0 radical (unpaired) electrons. The Kier molecular flexibility index (Phi) is 5.14. The number of hydrogen-bond acceptors (Lipinski definition) is 8. The molecular formula is C15H15N3O3S2. The lowest BCUT2D eigenvalue weighted by atomic mass is 10.1. The number of ether oxygens (including phenoxy) is 2. The van der Waals surface area contributed by atoms with Crippen LogP contribution in [0.5, 0.6) is 11.5 Å². The van der Waals surface area contributed by atoms with Crippen LogP contribution >= 0.6 is 23.1 Å². The highest BCUT2D eigenvalue weighted by Gasteiger charge is 2.15. The number of anilines is 1. The number of nitrogens with zero attached hydrogens (tertiary/aromatic N) is 2. The molecule has 1 aliphatic rings. The molecule has 0 spiro atoms. The summed E-state index contributed by atoms with van der Waals surface area (Å²) in [6.45, 7) is 4.85. The molecule has 0 fully saturated rings. The van der Waals surface area contributed by atoms with Gasteiger partial charge in [0, 0.05) is 11.3 Å². The molecule has 1 aliphatic heterocycles. The molecule has 2 heterocycles. The van der Waals surface area contributed by atoms with Crippen molar-refractivity contribution in [3.8, 4) is 11.5 Å². The van der Waals surface area contributed by atoms with Crippen molar-refractivity contribution < 1.29 is 14.3 Å². The van der Waals surface area contributed by atoms with E-state index in [0.717, 1.165) is 10.1 Å². The quantitative estimate of drug-likeness (QED) is 0.468. The van der Waals surface area contributed by atoms with E-state index in [9.17, 15) is 4.79 Å². The summed E-state index contributed by atoms with van der Waals surface area (Å²) in [7, 11) is 0. The number of carbonyl (C=O) groups excluding carboxylic acids is 1. The molecule has 6 nitrogen and oxygen atoms in total. The smallest absolute Gasteiger partial charge is 0.206 e. The lowest BCUT2D eigenvalue weighted by Crippen LogP contribution is -2.17. The van der Waals surface area contributed by atoms with Crippen LogP contribution < -0.4 is 14.8 Å². The number of benzene rings is 1. The molecule has 1 aromatic heterocycles. The Balaban J connectivity index is 1.58. The molecule has 120 valence electrons. The van der Waals surface area contributed by atoms with Gasteiger partial charge in [-0.05, 0) is 18.2 Å². The van der Waals surface area contributed by atoms with Gasteiger partial charge in [0.2, 0.25) is 5.13 Å². The maximum Gasteiger partial charge on any atom is 0.206 e. The summed E-state index contributed by atoms with van der Waals surface area (Å²) >= 11 is 2.98. The van der Waals surface area contributed by atoms with E-state index < -0.39 is 0 Å². The van der Waals surface area contributed by atoms with Gasteiger partial charge in [0.1, 0.15) is 13.2 Å². The van der Waals surface area contributed by atoms with Gasteiger partial charge in [-0.3, -0.25) is 4.79 Å². The van der Waals surface area contributed by atoms with Crippen molar-refractivity contribution in [2.45, 2.75) is 4.34 Å². The first-order chi connectivity index (χ1) is 11.3. The summed E-state index contributed by atoms with van der Waals surface area (Å²) in [5.74, 6) is 2.03. The molecule has 1 aromatic carbocycles. The minimum absolute atomic E-state index is 0.0440. The SMILES string of the molecule is C=CCSc1nnc(NCC(=O)c2ccc3c(c2)OCCO3)s1. The highest BCUT2D eigenvalue weighted by atomic mass is 32.2. The Morgan fingerprint density at radius 2 is 2.17 bits per heavy atom. The molecule has 0 amide bonds. The van der Waals surface area contributed by atoms with Crippen molar-refractivity contribution in [3.05, 3.63) is 36.4 Å². The third-order valence-electron chi connectivity index (χ3n) is 3.00. The summed E-state index contributed by atoms with van der Waals surface area (Å²) in [5.41, 5.74) is 0.576. The van der Waals surface area contributed by atoms with Crippen molar-refractivity contribution in [3.63, 3.8) is 0 Å². The van der Waals surface area contributed by atoms with E-state index in [4.69, 9.17) is 9.47 Å². The predicted octanol–water partition coefficient (Wildman–Crippen LogP) is 2.88. The van der Waals surface area contributed by atoms with E-state index in [0.29, 0.717) is 35.4 Å². The second kappa shape index (κ2) is 7.47. The number of carbonyl (C=O) groups is 1. The van der Waals surface area contributed by atoms with Gasteiger partial charge in [0.15, 0.2) is 21.6 Å². The molecule has 1 N–H and O–H groups in total. The maximum atomic E-state index is 12.3. The molecular weight excluding hydrogens is 334 g/mol. The number of nitrogens with one attached hydrogen (secondary N) is 1. The van der Waals surface area contributed by atoms with E-state index in [1.807, 2.05) is 6.08 Å². The number of fused-ring (bicyclic) bond motifs is 1. The summed E-state index contributed by atoms with van der Waals surface area (Å²) < 4.78 is 11.8. The zero-order valence-corrected chi connectivity index (χ0v) is 13.9. The van der Waals surface area contributed by atoms with Crippen molar-refractivity contribution in [1.82, 2.24) is 10.2 Å². The summed E-state index contributed by atoms with van der Waals surface area (Å²) in [6, 6.07) is 5.21. The molecule has 0 saturated heterocycles. The number of thioether (sulfide) groups is 1. The monoisotopic (exact) mass is 349 g/mol. The van der Waals surface area contributed by atoms with Gasteiger partial charge in [-0.2, -0.15) is 0 Å². The fraction of sp³-hybridized carbons (Fsp3) is 0.267. The molecule has 3 rings (SSSR count). The van der Waals surface area contributed by atoms with Gasteiger partial charge < -0.3 is 14.8 Å². The zero-order valence-electron chi connectivity index (χ0n) is 12.3. The third-order valence-corrected chi connectivity index (χ3v) is 5.01. The van der Waals surface area contributed by atoms with Crippen molar-refractivity contribution in [2.75, 3.05) is 30.8 Å². The van der Waals surface area contributed by atoms with Crippen molar-refractivity contribution in [2.24, 2.45) is 0 Å². The number of Topliss-reactive ketones (excluding diaryl/α,β-unsaturated/α-hetero) is 1. The first kappa shape index (κ1) is 15.8. The van der Waals surface area contributed by atoms with E-state index >= 15 is 0 Å². The van der Waals surface area contributed by atoms with Gasteiger partial charge in [-0.15, -0.1) is 16.8 Å². The Labute approximate surface area is 141 Å². The van der Waals surface area contributed by atoms with Gasteiger partial charge >= 0.3 is 0 Å².